The van der Waals surface area contributed by atoms with Gasteiger partial charge >= 0.3 is 17.9 Å². The van der Waals surface area contributed by atoms with E-state index < -0.39 is 17.4 Å². The van der Waals surface area contributed by atoms with Crippen LogP contribution < -0.4 is 4.74 Å². The number of rotatable bonds is 27. The van der Waals surface area contributed by atoms with E-state index in [2.05, 4.69) is 88.2 Å². The molecule has 0 amide bonds. The number of aliphatic hydroxyl groups excluding tert-OH is 2. The number of aliphatic hydroxyl groups is 2. The fourth-order valence-corrected chi connectivity index (χ4v) is 6.76. The molecular weight excluding hydrogens is 745 g/mol. The van der Waals surface area contributed by atoms with Gasteiger partial charge in [0.25, 0.3) is 0 Å². The van der Waals surface area contributed by atoms with E-state index in [-0.39, 0.29) is 39.0 Å². The number of carbonyl (C=O) groups is 3. The first-order valence-corrected chi connectivity index (χ1v) is 21.0. The second kappa shape index (κ2) is 24.8. The molecule has 9 nitrogen and oxygen atoms in total. The fraction of sp³-hybridized carbons (Fsp3) is 0.460. The zero-order chi connectivity index (χ0) is 43.4. The van der Waals surface area contributed by atoms with Crippen molar-refractivity contribution in [3.05, 3.63) is 113 Å². The molecule has 0 aliphatic heterocycles. The summed E-state index contributed by atoms with van der Waals surface area (Å²) in [5, 5.41) is 20.6. The van der Waals surface area contributed by atoms with Gasteiger partial charge in [-0.3, -0.25) is 0 Å². The molecule has 2 N–H and O–H groups in total. The lowest BCUT2D eigenvalue weighted by Crippen LogP contribution is -2.32. The van der Waals surface area contributed by atoms with Gasteiger partial charge in [-0.05, 0) is 135 Å². The molecule has 0 aromatic heterocycles. The minimum Gasteiger partial charge on any atom is -0.493 e. The zero-order valence-corrected chi connectivity index (χ0v) is 36.1. The van der Waals surface area contributed by atoms with Crippen LogP contribution in [-0.2, 0) is 54.3 Å². The third-order valence-corrected chi connectivity index (χ3v) is 10.5. The van der Waals surface area contributed by atoms with Gasteiger partial charge in [0, 0.05) is 22.1 Å². The van der Waals surface area contributed by atoms with Gasteiger partial charge in [-0.1, -0.05) is 88.9 Å². The molecule has 0 unspecified atom stereocenters. The van der Waals surface area contributed by atoms with E-state index in [1.54, 1.807) is 20.8 Å². The Kier molecular flexibility index (Phi) is 20.4. The van der Waals surface area contributed by atoms with E-state index in [9.17, 15) is 24.6 Å². The molecule has 0 radical (unpaired) electrons. The van der Waals surface area contributed by atoms with Crippen molar-refractivity contribution in [3.8, 4) is 28.0 Å². The summed E-state index contributed by atoms with van der Waals surface area (Å²) in [5.74, 6) is -0.506. The molecule has 0 fully saturated rings. The lowest BCUT2D eigenvalue weighted by atomic mass is 9.81. The maximum absolute atomic E-state index is 12.2. The third-order valence-electron chi connectivity index (χ3n) is 10.5. The van der Waals surface area contributed by atoms with E-state index in [0.29, 0.717) is 61.9 Å². The highest BCUT2D eigenvalue weighted by Crippen LogP contribution is 2.37. The average Bonchev–Trinajstić information content (AvgIpc) is 3.23. The molecule has 59 heavy (non-hydrogen) atoms. The number of hydrogen-bond donors (Lipinski definition) is 2. The molecule has 0 aliphatic rings. The van der Waals surface area contributed by atoms with E-state index >= 15 is 0 Å². The number of esters is 3. The minimum atomic E-state index is -0.650. The van der Waals surface area contributed by atoms with Crippen LogP contribution in [-0.4, -0.2) is 67.8 Å². The smallest absolute Gasteiger partial charge is 0.333 e. The van der Waals surface area contributed by atoms with Gasteiger partial charge in [0.15, 0.2) is 0 Å². The van der Waals surface area contributed by atoms with Crippen molar-refractivity contribution in [1.82, 2.24) is 0 Å². The second-order valence-corrected chi connectivity index (χ2v) is 15.6. The monoisotopic (exact) mass is 810 g/mol. The molecule has 0 spiro atoms. The first kappa shape index (κ1) is 48.4. The summed E-state index contributed by atoms with van der Waals surface area (Å²) in [6.45, 7) is 20.9. The number of unbranched alkanes of at least 4 members (excludes halogenated alkanes) is 1. The topological polar surface area (TPSA) is 129 Å². The summed E-state index contributed by atoms with van der Waals surface area (Å²) >= 11 is 0. The van der Waals surface area contributed by atoms with E-state index in [1.165, 1.54) is 5.56 Å². The van der Waals surface area contributed by atoms with Crippen molar-refractivity contribution < 1.29 is 43.5 Å². The summed E-state index contributed by atoms with van der Waals surface area (Å²) in [5.41, 5.74) is 8.99. The molecule has 3 aromatic carbocycles. The predicted molar refractivity (Wildman–Crippen MR) is 235 cm³/mol. The predicted octanol–water partition coefficient (Wildman–Crippen LogP) is 9.67. The number of carbonyl (C=O) groups excluding carboxylic acids is 3. The van der Waals surface area contributed by atoms with Crippen molar-refractivity contribution in [1.29, 1.82) is 0 Å². The Morgan fingerprint density at radius 2 is 1.05 bits per heavy atom. The molecule has 0 heterocycles. The molecule has 0 bridgehead atoms. The van der Waals surface area contributed by atoms with Crippen LogP contribution in [0.15, 0.2) is 91.1 Å². The lowest BCUT2D eigenvalue weighted by Gasteiger charge is -2.30. The first-order valence-electron chi connectivity index (χ1n) is 21.0. The van der Waals surface area contributed by atoms with E-state index in [4.69, 9.17) is 18.9 Å². The van der Waals surface area contributed by atoms with Crippen molar-refractivity contribution in [2.75, 3.05) is 39.6 Å². The second-order valence-electron chi connectivity index (χ2n) is 15.6. The first-order chi connectivity index (χ1) is 28.3. The highest BCUT2D eigenvalue weighted by Gasteiger charge is 2.28. The standard InChI is InChI=1S/C50H66O9/c1-9-11-24-50(33-51,34-52)25-29-56-46-42(16-13-27-58-48(54)36(5)6)31-44(32-43(46)17-14-28-59-49(55)37(7)8)45-23-22-41(30-39(45)10-2)40-20-18-38(19-21-40)15-12-26-57-47(53)35(3)4/h18-23,30-32,51-52H,3,5,7,9-17,24-29,33-34H2,1-2,4,6,8H3. The lowest BCUT2D eigenvalue weighted by molar-refractivity contribution is -0.139. The summed E-state index contributed by atoms with van der Waals surface area (Å²) in [7, 11) is 0. The normalized spacial score (nSPS) is 11.2. The quantitative estimate of drug-likeness (QED) is 0.0335. The molecule has 0 saturated heterocycles. The fourth-order valence-electron chi connectivity index (χ4n) is 6.76. The largest absolute Gasteiger partial charge is 0.493 e. The van der Waals surface area contributed by atoms with Crippen molar-refractivity contribution in [2.45, 2.75) is 105 Å². The molecule has 3 rings (SSSR count). The molecule has 9 heteroatoms. The molecule has 0 aliphatic carbocycles. The van der Waals surface area contributed by atoms with Gasteiger partial charge in [-0.2, -0.15) is 0 Å². The van der Waals surface area contributed by atoms with Gasteiger partial charge in [0.1, 0.15) is 5.75 Å². The van der Waals surface area contributed by atoms with Gasteiger partial charge in [-0.15, -0.1) is 0 Å². The van der Waals surface area contributed by atoms with Gasteiger partial charge in [-0.25, -0.2) is 14.4 Å². The van der Waals surface area contributed by atoms with Gasteiger partial charge in [0.05, 0.1) is 39.6 Å². The number of aryl methyl sites for hydroxylation is 4. The van der Waals surface area contributed by atoms with Crippen molar-refractivity contribution in [2.24, 2.45) is 5.41 Å². The SMILES string of the molecule is C=C(C)C(=O)OCCCc1ccc(-c2ccc(-c3cc(CCCOC(=O)C(=C)C)c(OCCC(CO)(CO)CCCC)c(CCCOC(=O)C(=C)C)c3)c(CC)c2)cc1. The number of hydrogen-bond acceptors (Lipinski definition) is 9. The molecule has 0 atom stereocenters. The average molecular weight is 811 g/mol. The van der Waals surface area contributed by atoms with Crippen LogP contribution in [0.1, 0.15) is 102 Å². The van der Waals surface area contributed by atoms with Crippen LogP contribution in [0.4, 0.5) is 0 Å². The van der Waals surface area contributed by atoms with Crippen LogP contribution in [0, 0.1) is 5.41 Å². The maximum Gasteiger partial charge on any atom is 0.333 e. The summed E-state index contributed by atoms with van der Waals surface area (Å²) in [4.78, 5) is 36.1. The number of benzene rings is 3. The Morgan fingerprint density at radius 3 is 1.51 bits per heavy atom. The molecule has 0 saturated carbocycles. The number of ether oxygens (including phenoxy) is 4. The summed E-state index contributed by atoms with van der Waals surface area (Å²) in [6, 6.07) is 19.3. The Bertz CT molecular complexity index is 1830. The summed E-state index contributed by atoms with van der Waals surface area (Å²) < 4.78 is 22.8. The van der Waals surface area contributed by atoms with Crippen LogP contribution in [0.25, 0.3) is 22.3 Å². The van der Waals surface area contributed by atoms with Crippen LogP contribution in [0.2, 0.25) is 0 Å². The van der Waals surface area contributed by atoms with Crippen LogP contribution >= 0.6 is 0 Å². The third kappa shape index (κ3) is 15.3. The van der Waals surface area contributed by atoms with Gasteiger partial charge in [0.2, 0.25) is 0 Å². The minimum absolute atomic E-state index is 0.137. The van der Waals surface area contributed by atoms with Gasteiger partial charge < -0.3 is 29.2 Å². The summed E-state index contributed by atoms with van der Waals surface area (Å²) in [6.07, 6.45) is 7.55. The van der Waals surface area contributed by atoms with Crippen LogP contribution in [0.3, 0.4) is 0 Å². The maximum atomic E-state index is 12.2. The Morgan fingerprint density at radius 1 is 0.576 bits per heavy atom. The van der Waals surface area contributed by atoms with Crippen molar-refractivity contribution >= 4 is 17.9 Å². The zero-order valence-electron chi connectivity index (χ0n) is 36.1. The van der Waals surface area contributed by atoms with E-state index in [1.807, 2.05) is 0 Å². The van der Waals surface area contributed by atoms with Crippen LogP contribution in [0.5, 0.6) is 5.75 Å². The molecular formula is C50H66O9. The van der Waals surface area contributed by atoms with E-state index in [0.717, 1.165) is 76.8 Å². The molecule has 320 valence electrons. The Balaban J connectivity index is 2.00. The molecule has 3 aromatic rings. The Hall–Kier alpha value is -4.99. The highest BCUT2D eigenvalue weighted by atomic mass is 16.5. The highest BCUT2D eigenvalue weighted by molar-refractivity contribution is 5.87. The van der Waals surface area contributed by atoms with Crippen molar-refractivity contribution in [3.63, 3.8) is 0 Å². The Labute approximate surface area is 352 Å².